The first-order valence-corrected chi connectivity index (χ1v) is 12.4. The second kappa shape index (κ2) is 7.42. The van der Waals surface area contributed by atoms with Gasteiger partial charge in [-0.25, -0.2) is 4.98 Å². The lowest BCUT2D eigenvalue weighted by atomic mass is 9.76. The summed E-state index contributed by atoms with van der Waals surface area (Å²) in [5, 5.41) is 5.45. The maximum atomic E-state index is 6.55. The Labute approximate surface area is 210 Å². The van der Waals surface area contributed by atoms with Gasteiger partial charge in [-0.05, 0) is 45.9 Å². The van der Waals surface area contributed by atoms with E-state index < -0.39 is 18.3 Å². The Morgan fingerprint density at radius 3 is 2.06 bits per heavy atom. The van der Waals surface area contributed by atoms with E-state index in [9.17, 15) is 0 Å². The van der Waals surface area contributed by atoms with Crippen LogP contribution in [0.4, 0.5) is 0 Å². The van der Waals surface area contributed by atoms with Gasteiger partial charge >= 0.3 is 7.12 Å². The number of benzene rings is 4. The van der Waals surface area contributed by atoms with E-state index in [1.165, 1.54) is 0 Å². The highest BCUT2D eigenvalue weighted by molar-refractivity contribution is 6.66. The predicted octanol–water partition coefficient (Wildman–Crippen LogP) is 7.25. The fraction of sp³-hybridized carbons (Fsp3) is 0.194. The summed E-state index contributed by atoms with van der Waals surface area (Å²) < 4.78 is 19.6. The van der Waals surface area contributed by atoms with E-state index in [2.05, 4.69) is 88.4 Å². The van der Waals surface area contributed by atoms with Crippen LogP contribution in [0.25, 0.3) is 54.9 Å². The first-order chi connectivity index (χ1) is 17.3. The molecule has 0 unspecified atom stereocenters. The van der Waals surface area contributed by atoms with E-state index in [-0.39, 0.29) is 0 Å². The van der Waals surface area contributed by atoms with Crippen molar-refractivity contribution in [2.45, 2.75) is 38.9 Å². The minimum atomic E-state index is -0.558. The molecule has 1 aliphatic rings. The molecule has 0 radical (unpaired) electrons. The zero-order chi connectivity index (χ0) is 24.7. The van der Waals surface area contributed by atoms with Crippen LogP contribution in [0.15, 0.2) is 89.3 Å². The molecule has 176 valence electrons. The quantitative estimate of drug-likeness (QED) is 0.197. The third-order valence-corrected chi connectivity index (χ3v) is 7.89. The van der Waals surface area contributed by atoms with E-state index in [4.69, 9.17) is 18.7 Å². The van der Waals surface area contributed by atoms with Crippen LogP contribution < -0.4 is 5.46 Å². The first-order valence-electron chi connectivity index (χ1n) is 12.4. The Bertz CT molecular complexity index is 1790. The summed E-state index contributed by atoms with van der Waals surface area (Å²) in [6, 6.07) is 29.1. The molecular formula is C31H26BNO3. The number of para-hydroxylation sites is 2. The molecule has 0 N–H and O–H groups in total. The van der Waals surface area contributed by atoms with Gasteiger partial charge in [-0.1, -0.05) is 66.7 Å². The summed E-state index contributed by atoms with van der Waals surface area (Å²) >= 11 is 0. The standard InChI is InChI=1S/C31H26BNO3/c1-30(2)31(3,4)36-32(35-30)23-18-22-26(27-21-15-9-11-17-25(21)34-29(23)27)20-14-8-10-16-24(20)33-28(22)19-12-6-5-7-13-19/h5-18H,1-4H3. The van der Waals surface area contributed by atoms with Crippen molar-refractivity contribution >= 4 is 56.2 Å². The van der Waals surface area contributed by atoms with Crippen LogP contribution >= 0.6 is 0 Å². The van der Waals surface area contributed by atoms with Crippen LogP contribution in [0, 0.1) is 0 Å². The van der Waals surface area contributed by atoms with Crippen molar-refractivity contribution in [1.82, 2.24) is 4.98 Å². The fourth-order valence-corrected chi connectivity index (χ4v) is 5.32. The van der Waals surface area contributed by atoms with Gasteiger partial charge in [0.1, 0.15) is 11.2 Å². The van der Waals surface area contributed by atoms with E-state index in [0.29, 0.717) is 0 Å². The number of hydrogen-bond acceptors (Lipinski definition) is 4. The molecule has 1 fully saturated rings. The molecule has 36 heavy (non-hydrogen) atoms. The van der Waals surface area contributed by atoms with E-state index in [0.717, 1.165) is 60.3 Å². The molecule has 0 atom stereocenters. The van der Waals surface area contributed by atoms with Gasteiger partial charge in [-0.3, -0.25) is 0 Å². The van der Waals surface area contributed by atoms with Crippen LogP contribution in [-0.2, 0) is 9.31 Å². The van der Waals surface area contributed by atoms with Crippen molar-refractivity contribution < 1.29 is 13.7 Å². The maximum Gasteiger partial charge on any atom is 0.498 e. The lowest BCUT2D eigenvalue weighted by Crippen LogP contribution is -2.41. The Balaban J connectivity index is 1.68. The molecule has 0 amide bonds. The van der Waals surface area contributed by atoms with Gasteiger partial charge in [0, 0.05) is 38.0 Å². The van der Waals surface area contributed by atoms with Crippen LogP contribution in [0.3, 0.4) is 0 Å². The Morgan fingerprint density at radius 2 is 1.31 bits per heavy atom. The van der Waals surface area contributed by atoms with E-state index in [1.807, 2.05) is 24.3 Å². The van der Waals surface area contributed by atoms with Gasteiger partial charge in [-0.15, -0.1) is 0 Å². The Morgan fingerprint density at radius 1 is 0.667 bits per heavy atom. The molecule has 1 saturated heterocycles. The van der Waals surface area contributed by atoms with Crippen molar-refractivity contribution in [1.29, 1.82) is 0 Å². The molecule has 6 aromatic rings. The normalized spacial score (nSPS) is 17.1. The molecule has 0 aliphatic carbocycles. The molecule has 0 bridgehead atoms. The monoisotopic (exact) mass is 471 g/mol. The largest absolute Gasteiger partial charge is 0.498 e. The summed E-state index contributed by atoms with van der Waals surface area (Å²) in [7, 11) is -0.558. The molecule has 0 spiro atoms. The average molecular weight is 471 g/mol. The lowest BCUT2D eigenvalue weighted by molar-refractivity contribution is 0.00578. The average Bonchev–Trinajstić information content (AvgIpc) is 3.36. The fourth-order valence-electron chi connectivity index (χ4n) is 5.32. The number of pyridine rings is 1. The van der Waals surface area contributed by atoms with Crippen LogP contribution in [0.2, 0.25) is 0 Å². The smallest absolute Gasteiger partial charge is 0.456 e. The zero-order valence-corrected chi connectivity index (χ0v) is 20.8. The molecular weight excluding hydrogens is 445 g/mol. The number of rotatable bonds is 2. The summed E-state index contributed by atoms with van der Waals surface area (Å²) in [6.07, 6.45) is 0. The Hall–Kier alpha value is -3.67. The molecule has 3 heterocycles. The third-order valence-electron chi connectivity index (χ3n) is 7.89. The van der Waals surface area contributed by atoms with Crippen LogP contribution in [0.1, 0.15) is 27.7 Å². The third kappa shape index (κ3) is 3.00. The Kier molecular flexibility index (Phi) is 4.45. The molecule has 0 saturated carbocycles. The summed E-state index contributed by atoms with van der Waals surface area (Å²) in [4.78, 5) is 5.16. The van der Waals surface area contributed by atoms with E-state index >= 15 is 0 Å². The van der Waals surface area contributed by atoms with E-state index in [1.54, 1.807) is 0 Å². The second-order valence-corrected chi connectivity index (χ2v) is 10.6. The van der Waals surface area contributed by atoms with Gasteiger partial charge in [0.05, 0.1) is 22.4 Å². The van der Waals surface area contributed by atoms with Gasteiger partial charge in [0.15, 0.2) is 0 Å². The second-order valence-electron chi connectivity index (χ2n) is 10.6. The van der Waals surface area contributed by atoms with Crippen molar-refractivity contribution in [2.75, 3.05) is 0 Å². The van der Waals surface area contributed by atoms with Gasteiger partial charge in [-0.2, -0.15) is 0 Å². The van der Waals surface area contributed by atoms with Crippen LogP contribution in [-0.4, -0.2) is 23.3 Å². The van der Waals surface area contributed by atoms with Gasteiger partial charge < -0.3 is 13.7 Å². The van der Waals surface area contributed by atoms with Crippen molar-refractivity contribution in [3.8, 4) is 11.3 Å². The molecule has 7 rings (SSSR count). The topological polar surface area (TPSA) is 44.5 Å². The number of aromatic nitrogens is 1. The molecule has 2 aromatic heterocycles. The highest BCUT2D eigenvalue weighted by Gasteiger charge is 2.52. The van der Waals surface area contributed by atoms with Gasteiger partial charge in [0.25, 0.3) is 0 Å². The zero-order valence-electron chi connectivity index (χ0n) is 20.8. The predicted molar refractivity (Wildman–Crippen MR) is 148 cm³/mol. The molecule has 4 aromatic carbocycles. The minimum absolute atomic E-state index is 0.463. The maximum absolute atomic E-state index is 6.55. The highest BCUT2D eigenvalue weighted by Crippen LogP contribution is 2.42. The van der Waals surface area contributed by atoms with Crippen molar-refractivity contribution in [3.63, 3.8) is 0 Å². The molecule has 4 nitrogen and oxygen atoms in total. The molecule has 1 aliphatic heterocycles. The number of furan rings is 1. The summed E-state index contributed by atoms with van der Waals surface area (Å²) in [5.41, 5.74) is 4.58. The lowest BCUT2D eigenvalue weighted by Gasteiger charge is -2.32. The molecule has 5 heteroatoms. The van der Waals surface area contributed by atoms with Crippen molar-refractivity contribution in [3.05, 3.63) is 84.9 Å². The highest BCUT2D eigenvalue weighted by atomic mass is 16.7. The van der Waals surface area contributed by atoms with Gasteiger partial charge in [0.2, 0.25) is 0 Å². The van der Waals surface area contributed by atoms with Crippen LogP contribution in [0.5, 0.6) is 0 Å². The number of fused-ring (bicyclic) bond motifs is 7. The summed E-state index contributed by atoms with van der Waals surface area (Å²) in [6.45, 7) is 8.31. The number of nitrogens with zero attached hydrogens (tertiary/aromatic N) is 1. The first kappa shape index (κ1) is 21.6. The minimum Gasteiger partial charge on any atom is -0.456 e. The SMILES string of the molecule is CC1(C)OB(c2cc3c(-c4ccccc4)nc4ccccc4c3c3c2oc2ccccc23)OC1(C)C. The van der Waals surface area contributed by atoms with Crippen molar-refractivity contribution in [2.24, 2.45) is 0 Å². The number of hydrogen-bond donors (Lipinski definition) is 0. The summed E-state index contributed by atoms with van der Waals surface area (Å²) in [5.74, 6) is 0.